The van der Waals surface area contributed by atoms with Gasteiger partial charge in [0.1, 0.15) is 0 Å². The van der Waals surface area contributed by atoms with Crippen LogP contribution in [0.5, 0.6) is 0 Å². The molecule has 22 heavy (non-hydrogen) atoms. The van der Waals surface area contributed by atoms with Crippen molar-refractivity contribution in [2.45, 2.75) is 17.9 Å². The van der Waals surface area contributed by atoms with E-state index in [4.69, 9.17) is 0 Å². The highest BCUT2D eigenvalue weighted by Gasteiger charge is 2.13. The summed E-state index contributed by atoms with van der Waals surface area (Å²) in [4.78, 5) is 12.4. The van der Waals surface area contributed by atoms with Crippen LogP contribution in [0.15, 0.2) is 53.4 Å². The molecular formula is C16H16INO3S. The molecule has 0 aromatic heterocycles. The normalized spacial score (nSPS) is 12.7. The average molecular weight is 429 g/mol. The number of rotatable bonds is 4. The molecule has 0 bridgehead atoms. The summed E-state index contributed by atoms with van der Waals surface area (Å²) in [5.74, 6) is -0.156. The highest BCUT2D eigenvalue weighted by molar-refractivity contribution is 14.1. The smallest absolute Gasteiger partial charge is 0.251 e. The number of amides is 1. The molecule has 2 aromatic rings. The minimum absolute atomic E-state index is 0.156. The van der Waals surface area contributed by atoms with Crippen LogP contribution < -0.4 is 5.32 Å². The molecule has 116 valence electrons. The number of hydrogen-bond acceptors (Lipinski definition) is 3. The van der Waals surface area contributed by atoms with E-state index in [9.17, 15) is 13.2 Å². The Kier molecular flexibility index (Phi) is 5.23. The number of nitrogens with one attached hydrogen (secondary N) is 1. The number of halogens is 1. The number of carbonyl (C=O) groups excluding carboxylic acids is 1. The Morgan fingerprint density at radius 1 is 1.05 bits per heavy atom. The van der Waals surface area contributed by atoms with Crippen molar-refractivity contribution in [3.05, 3.63) is 63.2 Å². The first kappa shape index (κ1) is 17.0. The van der Waals surface area contributed by atoms with Gasteiger partial charge in [-0.3, -0.25) is 4.79 Å². The largest absolute Gasteiger partial charge is 0.346 e. The van der Waals surface area contributed by atoms with Crippen molar-refractivity contribution in [1.29, 1.82) is 0 Å². The molecule has 0 fully saturated rings. The van der Waals surface area contributed by atoms with Crippen molar-refractivity contribution in [2.24, 2.45) is 0 Å². The molecule has 0 heterocycles. The van der Waals surface area contributed by atoms with E-state index in [1.807, 2.05) is 19.1 Å². The van der Waals surface area contributed by atoms with E-state index >= 15 is 0 Å². The van der Waals surface area contributed by atoms with E-state index in [2.05, 4.69) is 27.9 Å². The molecule has 6 heteroatoms. The van der Waals surface area contributed by atoms with Crippen LogP contribution in [0.1, 0.15) is 28.9 Å². The number of carbonyl (C=O) groups is 1. The van der Waals surface area contributed by atoms with Gasteiger partial charge in [0.2, 0.25) is 0 Å². The summed E-state index contributed by atoms with van der Waals surface area (Å²) in [5.41, 5.74) is 1.45. The highest BCUT2D eigenvalue weighted by Crippen LogP contribution is 2.17. The molecule has 0 unspecified atom stereocenters. The monoisotopic (exact) mass is 429 g/mol. The Morgan fingerprint density at radius 3 is 2.09 bits per heavy atom. The third-order valence-corrected chi connectivity index (χ3v) is 5.11. The summed E-state index contributed by atoms with van der Waals surface area (Å²) in [7, 11) is -3.20. The van der Waals surface area contributed by atoms with Crippen molar-refractivity contribution in [2.75, 3.05) is 6.26 Å². The summed E-state index contributed by atoms with van der Waals surface area (Å²) < 4.78 is 23.9. The number of sulfone groups is 1. The van der Waals surface area contributed by atoms with Crippen LogP contribution in [0.3, 0.4) is 0 Å². The lowest BCUT2D eigenvalue weighted by molar-refractivity contribution is 0.0940. The van der Waals surface area contributed by atoms with Gasteiger partial charge in [0.05, 0.1) is 10.9 Å². The second-order valence-electron chi connectivity index (χ2n) is 5.04. The van der Waals surface area contributed by atoms with Gasteiger partial charge in [-0.15, -0.1) is 0 Å². The predicted molar refractivity (Wildman–Crippen MR) is 94.6 cm³/mol. The lowest BCUT2D eigenvalue weighted by Gasteiger charge is -2.15. The van der Waals surface area contributed by atoms with Crippen LogP contribution in [0.2, 0.25) is 0 Å². The zero-order valence-electron chi connectivity index (χ0n) is 12.2. The minimum Gasteiger partial charge on any atom is -0.346 e. The zero-order chi connectivity index (χ0) is 16.3. The third-order valence-electron chi connectivity index (χ3n) is 3.26. The van der Waals surface area contributed by atoms with Crippen molar-refractivity contribution in [3.8, 4) is 0 Å². The van der Waals surface area contributed by atoms with E-state index < -0.39 is 9.84 Å². The Balaban J connectivity index is 2.10. The fraction of sp³-hybridized carbons (Fsp3) is 0.188. The van der Waals surface area contributed by atoms with Crippen molar-refractivity contribution in [3.63, 3.8) is 0 Å². The van der Waals surface area contributed by atoms with E-state index in [0.717, 1.165) is 9.13 Å². The van der Waals surface area contributed by atoms with Gasteiger partial charge in [0.25, 0.3) is 5.91 Å². The highest BCUT2D eigenvalue weighted by atomic mass is 127. The van der Waals surface area contributed by atoms with Gasteiger partial charge in [-0.2, -0.15) is 0 Å². The van der Waals surface area contributed by atoms with Crippen LogP contribution in [-0.4, -0.2) is 20.6 Å². The molecule has 0 spiro atoms. The first-order valence-electron chi connectivity index (χ1n) is 6.64. The maximum absolute atomic E-state index is 12.2. The first-order valence-corrected chi connectivity index (χ1v) is 9.61. The molecule has 1 atom stereocenters. The van der Waals surface area contributed by atoms with E-state index in [-0.39, 0.29) is 16.8 Å². The Morgan fingerprint density at radius 2 is 1.59 bits per heavy atom. The molecule has 4 nitrogen and oxygen atoms in total. The second kappa shape index (κ2) is 6.78. The summed E-state index contributed by atoms with van der Waals surface area (Å²) in [5, 5.41) is 2.90. The predicted octanol–water partition coefficient (Wildman–Crippen LogP) is 3.19. The fourth-order valence-electron chi connectivity index (χ4n) is 1.97. The molecule has 0 aliphatic heterocycles. The molecule has 0 saturated carbocycles. The van der Waals surface area contributed by atoms with Crippen molar-refractivity contribution >= 4 is 38.3 Å². The quantitative estimate of drug-likeness (QED) is 0.760. The summed E-state index contributed by atoms with van der Waals surface area (Å²) in [6.45, 7) is 1.86. The number of hydrogen-bond donors (Lipinski definition) is 1. The minimum atomic E-state index is -3.20. The van der Waals surface area contributed by atoms with Gasteiger partial charge < -0.3 is 5.32 Å². The first-order chi connectivity index (χ1) is 10.3. The Hall–Kier alpha value is -1.41. The molecule has 0 saturated heterocycles. The average Bonchev–Trinajstić information content (AvgIpc) is 2.47. The van der Waals surface area contributed by atoms with Crippen LogP contribution in [-0.2, 0) is 9.84 Å². The van der Waals surface area contributed by atoms with E-state index in [0.29, 0.717) is 5.56 Å². The topological polar surface area (TPSA) is 63.2 Å². The molecule has 0 aliphatic carbocycles. The van der Waals surface area contributed by atoms with Crippen LogP contribution in [0.4, 0.5) is 0 Å². The lowest BCUT2D eigenvalue weighted by atomic mass is 10.1. The standard InChI is InChI=1S/C16H16INO3S/c1-11(12-5-9-15(10-6-12)22(2,20)21)18-16(19)13-3-7-14(17)8-4-13/h3-11H,1-2H3,(H,18,19)/t11-/m0/s1. The van der Waals surface area contributed by atoms with Crippen LogP contribution in [0.25, 0.3) is 0 Å². The summed E-state index contributed by atoms with van der Waals surface area (Å²) in [6.07, 6.45) is 1.17. The number of benzene rings is 2. The molecule has 2 rings (SSSR count). The molecule has 0 aliphatic rings. The van der Waals surface area contributed by atoms with Crippen LogP contribution in [0, 0.1) is 3.57 Å². The molecule has 0 radical (unpaired) electrons. The van der Waals surface area contributed by atoms with Crippen LogP contribution >= 0.6 is 22.6 Å². The molecule has 2 aromatic carbocycles. The van der Waals surface area contributed by atoms with Gasteiger partial charge >= 0.3 is 0 Å². The SMILES string of the molecule is C[C@H](NC(=O)c1ccc(I)cc1)c1ccc(S(C)(=O)=O)cc1. The van der Waals surface area contributed by atoms with Gasteiger partial charge in [0.15, 0.2) is 9.84 Å². The van der Waals surface area contributed by atoms with Gasteiger partial charge in [-0.05, 0) is 71.5 Å². The van der Waals surface area contributed by atoms with Gasteiger partial charge in [0, 0.05) is 15.4 Å². The van der Waals surface area contributed by atoms with Gasteiger partial charge in [-0.1, -0.05) is 12.1 Å². The maximum atomic E-state index is 12.2. The Bertz CT molecular complexity index is 768. The van der Waals surface area contributed by atoms with Crippen molar-refractivity contribution in [1.82, 2.24) is 5.32 Å². The second-order valence-corrected chi connectivity index (χ2v) is 8.30. The lowest BCUT2D eigenvalue weighted by Crippen LogP contribution is -2.26. The summed E-state index contributed by atoms with van der Waals surface area (Å²) in [6, 6.07) is 13.6. The van der Waals surface area contributed by atoms with Gasteiger partial charge in [-0.25, -0.2) is 8.42 Å². The third kappa shape index (κ3) is 4.30. The molecule has 1 N–H and O–H groups in total. The maximum Gasteiger partial charge on any atom is 0.251 e. The van der Waals surface area contributed by atoms with E-state index in [1.54, 1.807) is 36.4 Å². The van der Waals surface area contributed by atoms with Crippen molar-refractivity contribution < 1.29 is 13.2 Å². The van der Waals surface area contributed by atoms with E-state index in [1.165, 1.54) is 6.26 Å². The fourth-order valence-corrected chi connectivity index (χ4v) is 2.96. The molecule has 1 amide bonds. The molecular weight excluding hydrogens is 413 g/mol. The Labute approximate surface area is 144 Å². The zero-order valence-corrected chi connectivity index (χ0v) is 15.2. The summed E-state index contributed by atoms with van der Waals surface area (Å²) >= 11 is 2.18.